The number of carboxylic acid groups (broad SMARTS) is 1. The number of hydrogen-bond acceptors (Lipinski definition) is 4. The van der Waals surface area contributed by atoms with E-state index < -0.39 is 5.97 Å². The van der Waals surface area contributed by atoms with Crippen LogP contribution in [0.1, 0.15) is 37.1 Å². The van der Waals surface area contributed by atoms with Crippen LogP contribution in [0.15, 0.2) is 6.20 Å². The number of carbonyl (C=O) groups is 1. The van der Waals surface area contributed by atoms with Crippen molar-refractivity contribution in [3.05, 3.63) is 16.1 Å². The van der Waals surface area contributed by atoms with Crippen LogP contribution in [-0.2, 0) is 17.8 Å². The molecule has 1 aromatic heterocycles. The molecule has 1 unspecified atom stereocenters. The van der Waals surface area contributed by atoms with Crippen molar-refractivity contribution in [1.82, 2.24) is 10.3 Å². The lowest BCUT2D eigenvalue weighted by Crippen LogP contribution is -2.29. The van der Waals surface area contributed by atoms with Crippen molar-refractivity contribution in [1.29, 1.82) is 0 Å². The molecule has 102 valence electrons. The molecule has 0 radical (unpaired) electrons. The first-order valence-corrected chi connectivity index (χ1v) is 7.21. The minimum atomic E-state index is -0.718. The van der Waals surface area contributed by atoms with Gasteiger partial charge in [0.1, 0.15) is 5.01 Å². The number of thiazole rings is 1. The molecule has 0 saturated carbocycles. The zero-order valence-corrected chi connectivity index (χ0v) is 12.1. The van der Waals surface area contributed by atoms with Gasteiger partial charge in [0.25, 0.3) is 0 Å². The second-order valence-corrected chi connectivity index (χ2v) is 6.07. The average molecular weight is 270 g/mol. The maximum Gasteiger partial charge on any atom is 0.307 e. The Morgan fingerprint density at radius 1 is 1.56 bits per heavy atom. The number of rotatable bonds is 8. The van der Waals surface area contributed by atoms with E-state index in [0.717, 1.165) is 11.4 Å². The minimum Gasteiger partial charge on any atom is -0.481 e. The van der Waals surface area contributed by atoms with Crippen molar-refractivity contribution in [3.63, 3.8) is 0 Å². The fourth-order valence-corrected chi connectivity index (χ4v) is 2.62. The Morgan fingerprint density at radius 2 is 2.28 bits per heavy atom. The summed E-state index contributed by atoms with van der Waals surface area (Å²) >= 11 is 1.69. The van der Waals surface area contributed by atoms with Crippen LogP contribution in [0, 0.1) is 11.8 Å². The van der Waals surface area contributed by atoms with Crippen molar-refractivity contribution < 1.29 is 9.90 Å². The Kier molecular flexibility index (Phi) is 6.29. The predicted molar refractivity (Wildman–Crippen MR) is 73.8 cm³/mol. The van der Waals surface area contributed by atoms with Crippen LogP contribution in [0.4, 0.5) is 0 Å². The molecule has 1 heterocycles. The Labute approximate surface area is 112 Å². The van der Waals surface area contributed by atoms with Gasteiger partial charge >= 0.3 is 5.97 Å². The summed E-state index contributed by atoms with van der Waals surface area (Å²) in [6.45, 7) is 7.36. The molecular weight excluding hydrogens is 248 g/mol. The molecule has 0 aliphatic rings. The topological polar surface area (TPSA) is 62.2 Å². The highest BCUT2D eigenvalue weighted by molar-refractivity contribution is 7.11. The van der Waals surface area contributed by atoms with Crippen LogP contribution in [0.2, 0.25) is 0 Å². The van der Waals surface area contributed by atoms with Crippen molar-refractivity contribution in [2.24, 2.45) is 11.8 Å². The summed E-state index contributed by atoms with van der Waals surface area (Å²) in [6.07, 6.45) is 3.60. The lowest BCUT2D eigenvalue weighted by Gasteiger charge is -2.14. The summed E-state index contributed by atoms with van der Waals surface area (Å²) in [5, 5.41) is 13.3. The fourth-order valence-electron chi connectivity index (χ4n) is 1.79. The van der Waals surface area contributed by atoms with Gasteiger partial charge in [-0.3, -0.25) is 4.79 Å². The van der Waals surface area contributed by atoms with Gasteiger partial charge in [0.05, 0.1) is 5.92 Å². The Bertz CT molecular complexity index is 377. The molecule has 1 atom stereocenters. The highest BCUT2D eigenvalue weighted by atomic mass is 32.1. The maximum atomic E-state index is 11.1. The van der Waals surface area contributed by atoms with Gasteiger partial charge in [-0.05, 0) is 18.8 Å². The first-order chi connectivity index (χ1) is 8.52. The van der Waals surface area contributed by atoms with E-state index in [1.807, 2.05) is 20.0 Å². The van der Waals surface area contributed by atoms with E-state index in [-0.39, 0.29) is 5.92 Å². The first kappa shape index (κ1) is 15.1. The van der Waals surface area contributed by atoms with Gasteiger partial charge in [-0.15, -0.1) is 11.3 Å². The molecule has 0 bridgehead atoms. The standard InChI is InChI=1S/C13H22N2O2S/c1-4-11-7-15-12(18-11)8-14-6-10(13(16)17)5-9(2)3/h7,9-10,14H,4-6,8H2,1-3H3,(H,16,17). The number of aromatic nitrogens is 1. The van der Waals surface area contributed by atoms with Crippen LogP contribution < -0.4 is 5.32 Å². The second kappa shape index (κ2) is 7.48. The molecule has 0 aliphatic heterocycles. The van der Waals surface area contributed by atoms with Crippen molar-refractivity contribution >= 4 is 17.3 Å². The summed E-state index contributed by atoms with van der Waals surface area (Å²) in [7, 11) is 0. The van der Waals surface area contributed by atoms with Crippen LogP contribution in [-0.4, -0.2) is 22.6 Å². The van der Waals surface area contributed by atoms with Crippen molar-refractivity contribution in [2.75, 3.05) is 6.54 Å². The van der Waals surface area contributed by atoms with Gasteiger partial charge < -0.3 is 10.4 Å². The predicted octanol–water partition coefficient (Wildman–Crippen LogP) is 2.54. The SMILES string of the molecule is CCc1cnc(CNCC(CC(C)C)C(=O)O)s1. The second-order valence-electron chi connectivity index (χ2n) is 4.87. The lowest BCUT2D eigenvalue weighted by molar-refractivity contribution is -0.142. The molecule has 0 amide bonds. The molecule has 1 rings (SSSR count). The van der Waals surface area contributed by atoms with Gasteiger partial charge in [0.15, 0.2) is 0 Å². The van der Waals surface area contributed by atoms with Gasteiger partial charge in [0, 0.05) is 24.2 Å². The smallest absolute Gasteiger partial charge is 0.307 e. The lowest BCUT2D eigenvalue weighted by atomic mass is 9.97. The Hall–Kier alpha value is -0.940. The van der Waals surface area contributed by atoms with Crippen molar-refractivity contribution in [3.8, 4) is 0 Å². The number of carboxylic acids is 1. The zero-order chi connectivity index (χ0) is 13.5. The van der Waals surface area contributed by atoms with Crippen LogP contribution in [0.25, 0.3) is 0 Å². The number of nitrogens with zero attached hydrogens (tertiary/aromatic N) is 1. The van der Waals surface area contributed by atoms with Crippen LogP contribution >= 0.6 is 11.3 Å². The third-order valence-corrected chi connectivity index (χ3v) is 3.86. The molecule has 1 aromatic rings. The summed E-state index contributed by atoms with van der Waals surface area (Å²) < 4.78 is 0. The van der Waals surface area contributed by atoms with E-state index in [0.29, 0.717) is 25.4 Å². The average Bonchev–Trinajstić information content (AvgIpc) is 2.75. The zero-order valence-electron chi connectivity index (χ0n) is 11.3. The molecular formula is C13H22N2O2S. The molecule has 18 heavy (non-hydrogen) atoms. The molecule has 2 N–H and O–H groups in total. The summed E-state index contributed by atoms with van der Waals surface area (Å²) in [6, 6.07) is 0. The first-order valence-electron chi connectivity index (χ1n) is 6.40. The van der Waals surface area contributed by atoms with E-state index in [9.17, 15) is 4.79 Å². The van der Waals surface area contributed by atoms with E-state index in [1.165, 1.54) is 4.88 Å². The van der Waals surface area contributed by atoms with Gasteiger partial charge in [0.2, 0.25) is 0 Å². The number of nitrogens with one attached hydrogen (secondary N) is 1. The Balaban J connectivity index is 2.36. The summed E-state index contributed by atoms with van der Waals surface area (Å²) in [4.78, 5) is 16.6. The van der Waals surface area contributed by atoms with Crippen molar-refractivity contribution in [2.45, 2.75) is 40.2 Å². The molecule has 0 aliphatic carbocycles. The summed E-state index contributed by atoms with van der Waals surface area (Å²) in [5.41, 5.74) is 0. The minimum absolute atomic E-state index is 0.310. The van der Waals surface area contributed by atoms with Gasteiger partial charge in [-0.25, -0.2) is 4.98 Å². The quantitative estimate of drug-likeness (QED) is 0.762. The van der Waals surface area contributed by atoms with E-state index in [4.69, 9.17) is 5.11 Å². The largest absolute Gasteiger partial charge is 0.481 e. The van der Waals surface area contributed by atoms with Crippen LogP contribution in [0.5, 0.6) is 0 Å². The van der Waals surface area contributed by atoms with Gasteiger partial charge in [-0.1, -0.05) is 20.8 Å². The normalized spacial score (nSPS) is 12.9. The van der Waals surface area contributed by atoms with Gasteiger partial charge in [-0.2, -0.15) is 0 Å². The maximum absolute atomic E-state index is 11.1. The van der Waals surface area contributed by atoms with E-state index >= 15 is 0 Å². The highest BCUT2D eigenvalue weighted by Gasteiger charge is 2.18. The monoisotopic (exact) mass is 270 g/mol. The number of aliphatic carboxylic acids is 1. The molecule has 5 heteroatoms. The third-order valence-electron chi connectivity index (χ3n) is 2.72. The highest BCUT2D eigenvalue weighted by Crippen LogP contribution is 2.14. The molecule has 0 saturated heterocycles. The summed E-state index contributed by atoms with van der Waals surface area (Å²) in [5.74, 6) is -0.625. The number of aryl methyl sites for hydroxylation is 1. The molecule has 0 spiro atoms. The molecule has 4 nitrogen and oxygen atoms in total. The Morgan fingerprint density at radius 3 is 2.78 bits per heavy atom. The third kappa shape index (κ3) is 5.14. The van der Waals surface area contributed by atoms with E-state index in [1.54, 1.807) is 11.3 Å². The molecule has 0 fully saturated rings. The fraction of sp³-hybridized carbons (Fsp3) is 0.692. The van der Waals surface area contributed by atoms with E-state index in [2.05, 4.69) is 17.2 Å². The molecule has 0 aromatic carbocycles. The number of hydrogen-bond donors (Lipinski definition) is 2. The van der Waals surface area contributed by atoms with Crippen LogP contribution in [0.3, 0.4) is 0 Å².